The molecule has 1 fully saturated rings. The van der Waals surface area contributed by atoms with E-state index < -0.39 is 0 Å². The molecule has 1 saturated heterocycles. The molecule has 0 saturated carbocycles. The summed E-state index contributed by atoms with van der Waals surface area (Å²) in [4.78, 5) is 3.19. The minimum atomic E-state index is 0.134. The van der Waals surface area contributed by atoms with Gasteiger partial charge >= 0.3 is 0 Å². The van der Waals surface area contributed by atoms with E-state index in [0.29, 0.717) is 5.92 Å². The minimum Gasteiger partial charge on any atom is -0.394 e. The number of aliphatic hydroxyl groups is 1. The normalized spacial score (nSPS) is 23.1. The van der Waals surface area contributed by atoms with E-state index in [4.69, 9.17) is 0 Å². The maximum Gasteiger partial charge on any atom is 0.103 e. The summed E-state index contributed by atoms with van der Waals surface area (Å²) in [7, 11) is 0. The zero-order valence-corrected chi connectivity index (χ0v) is 11.6. The van der Waals surface area contributed by atoms with Gasteiger partial charge in [0, 0.05) is 11.4 Å². The number of nitrogens with zero attached hydrogens (tertiary/aromatic N) is 2. The number of anilines is 1. The van der Waals surface area contributed by atoms with Crippen LogP contribution in [0, 0.1) is 17.2 Å². The molecule has 4 heteroatoms. The molecule has 96 valence electrons. The first-order chi connectivity index (χ1) is 8.72. The van der Waals surface area contributed by atoms with Crippen LogP contribution >= 0.6 is 11.8 Å². The summed E-state index contributed by atoms with van der Waals surface area (Å²) in [6.45, 7) is 3.22. The Labute approximate surface area is 112 Å². The third-order valence-corrected chi connectivity index (χ3v) is 4.49. The van der Waals surface area contributed by atoms with Gasteiger partial charge in [-0.3, -0.25) is 0 Å². The van der Waals surface area contributed by atoms with E-state index in [1.165, 1.54) is 0 Å². The molecule has 2 unspecified atom stereocenters. The van der Waals surface area contributed by atoms with E-state index in [-0.39, 0.29) is 12.6 Å². The summed E-state index contributed by atoms with van der Waals surface area (Å²) >= 11 is 1.59. The Morgan fingerprint density at radius 1 is 1.56 bits per heavy atom. The van der Waals surface area contributed by atoms with E-state index in [0.717, 1.165) is 29.1 Å². The van der Waals surface area contributed by atoms with Gasteiger partial charge in [0.1, 0.15) is 6.07 Å². The highest BCUT2D eigenvalue weighted by Gasteiger charge is 2.32. The van der Waals surface area contributed by atoms with Crippen LogP contribution in [0.3, 0.4) is 0 Å². The van der Waals surface area contributed by atoms with Crippen LogP contribution in [0.1, 0.15) is 18.9 Å². The fraction of sp³-hybridized carbons (Fsp3) is 0.500. The third kappa shape index (κ3) is 2.21. The SMILES string of the molecule is CSc1cccc(N2CCC(C)C2CO)c1C#N. The molecule has 0 radical (unpaired) electrons. The van der Waals surface area contributed by atoms with Gasteiger partial charge in [-0.2, -0.15) is 5.26 Å². The lowest BCUT2D eigenvalue weighted by Gasteiger charge is -2.28. The maximum absolute atomic E-state index is 9.53. The predicted molar refractivity (Wildman–Crippen MR) is 74.9 cm³/mol. The summed E-state index contributed by atoms with van der Waals surface area (Å²) < 4.78 is 0. The number of thioether (sulfide) groups is 1. The van der Waals surface area contributed by atoms with E-state index in [2.05, 4.69) is 17.9 Å². The molecule has 1 aliphatic heterocycles. The number of benzene rings is 1. The van der Waals surface area contributed by atoms with Gasteiger partial charge in [-0.1, -0.05) is 13.0 Å². The monoisotopic (exact) mass is 262 g/mol. The van der Waals surface area contributed by atoms with Crippen LogP contribution in [0.15, 0.2) is 23.1 Å². The Bertz CT molecular complexity index is 469. The minimum absolute atomic E-state index is 0.134. The fourth-order valence-electron chi connectivity index (χ4n) is 2.63. The van der Waals surface area contributed by atoms with E-state index >= 15 is 0 Å². The highest BCUT2D eigenvalue weighted by atomic mass is 32.2. The Kier molecular flexibility index (Phi) is 4.15. The molecule has 18 heavy (non-hydrogen) atoms. The summed E-state index contributed by atoms with van der Waals surface area (Å²) in [5.41, 5.74) is 1.70. The van der Waals surface area contributed by atoms with Gasteiger partial charge in [-0.05, 0) is 30.7 Å². The summed E-state index contributed by atoms with van der Waals surface area (Å²) in [5, 5.41) is 18.9. The Hall–Kier alpha value is -1.18. The lowest BCUT2D eigenvalue weighted by Crippen LogP contribution is -2.35. The zero-order chi connectivity index (χ0) is 13.1. The van der Waals surface area contributed by atoms with Crippen LogP contribution in [-0.4, -0.2) is 30.6 Å². The van der Waals surface area contributed by atoms with Crippen molar-refractivity contribution in [3.8, 4) is 6.07 Å². The maximum atomic E-state index is 9.53. The first-order valence-corrected chi connectivity index (χ1v) is 7.40. The molecule has 3 nitrogen and oxygen atoms in total. The van der Waals surface area contributed by atoms with Crippen LogP contribution in [0.4, 0.5) is 5.69 Å². The highest BCUT2D eigenvalue weighted by molar-refractivity contribution is 7.98. The first kappa shape index (κ1) is 13.3. The molecular formula is C14H18N2OS. The molecule has 1 N–H and O–H groups in total. The topological polar surface area (TPSA) is 47.3 Å². The number of aliphatic hydroxyl groups excluding tert-OH is 1. The van der Waals surface area contributed by atoms with Crippen LogP contribution in [0.2, 0.25) is 0 Å². The second-order valence-electron chi connectivity index (χ2n) is 4.68. The van der Waals surface area contributed by atoms with Crippen molar-refractivity contribution in [3.63, 3.8) is 0 Å². The quantitative estimate of drug-likeness (QED) is 0.850. The van der Waals surface area contributed by atoms with Crippen molar-refractivity contribution < 1.29 is 5.11 Å². The standard InChI is InChI=1S/C14H18N2OS/c1-10-6-7-16(13(10)9-17)12-4-3-5-14(18-2)11(12)8-15/h3-5,10,13,17H,6-7,9H2,1-2H3. The van der Waals surface area contributed by atoms with E-state index in [9.17, 15) is 10.4 Å². The molecule has 2 atom stereocenters. The summed E-state index contributed by atoms with van der Waals surface area (Å²) in [5.74, 6) is 0.472. The number of rotatable bonds is 3. The van der Waals surface area contributed by atoms with Crippen molar-refractivity contribution >= 4 is 17.4 Å². The zero-order valence-electron chi connectivity index (χ0n) is 10.8. The van der Waals surface area contributed by atoms with Gasteiger partial charge < -0.3 is 10.0 Å². The number of nitriles is 1. The average molecular weight is 262 g/mol. The van der Waals surface area contributed by atoms with Crippen molar-refractivity contribution in [2.45, 2.75) is 24.3 Å². The molecule has 1 aliphatic rings. The molecule has 2 rings (SSSR count). The smallest absolute Gasteiger partial charge is 0.103 e. The molecule has 0 spiro atoms. The molecule has 1 aromatic carbocycles. The van der Waals surface area contributed by atoms with E-state index in [1.54, 1.807) is 11.8 Å². The molecule has 0 amide bonds. The molecule has 0 aromatic heterocycles. The third-order valence-electron chi connectivity index (χ3n) is 3.71. The first-order valence-electron chi connectivity index (χ1n) is 6.17. The van der Waals surface area contributed by atoms with E-state index in [1.807, 2.05) is 24.5 Å². The second kappa shape index (κ2) is 5.64. The van der Waals surface area contributed by atoms with Crippen LogP contribution < -0.4 is 4.90 Å². The highest BCUT2D eigenvalue weighted by Crippen LogP contribution is 2.35. The summed E-state index contributed by atoms with van der Waals surface area (Å²) in [6, 6.07) is 8.38. The van der Waals surface area contributed by atoms with Gasteiger partial charge in [0.2, 0.25) is 0 Å². The van der Waals surface area contributed by atoms with Gasteiger partial charge in [-0.25, -0.2) is 0 Å². The van der Waals surface area contributed by atoms with Gasteiger partial charge in [0.25, 0.3) is 0 Å². The molecule has 0 aliphatic carbocycles. The molecule has 0 bridgehead atoms. The van der Waals surface area contributed by atoms with Crippen molar-refractivity contribution in [1.82, 2.24) is 0 Å². The van der Waals surface area contributed by atoms with Crippen LogP contribution in [-0.2, 0) is 0 Å². The van der Waals surface area contributed by atoms with Crippen molar-refractivity contribution in [1.29, 1.82) is 5.26 Å². The van der Waals surface area contributed by atoms with Gasteiger partial charge in [-0.15, -0.1) is 11.8 Å². The Morgan fingerprint density at radius 3 is 2.94 bits per heavy atom. The van der Waals surface area contributed by atoms with Gasteiger partial charge in [0.05, 0.1) is 23.9 Å². The number of hydrogen-bond acceptors (Lipinski definition) is 4. The lowest BCUT2D eigenvalue weighted by atomic mass is 10.0. The number of hydrogen-bond donors (Lipinski definition) is 1. The summed E-state index contributed by atoms with van der Waals surface area (Å²) in [6.07, 6.45) is 3.05. The van der Waals surface area contributed by atoms with Crippen molar-refractivity contribution in [3.05, 3.63) is 23.8 Å². The molecular weight excluding hydrogens is 244 g/mol. The van der Waals surface area contributed by atoms with Crippen LogP contribution in [0.25, 0.3) is 0 Å². The fourth-order valence-corrected chi connectivity index (χ4v) is 3.20. The Morgan fingerprint density at radius 2 is 2.33 bits per heavy atom. The Balaban J connectivity index is 2.42. The second-order valence-corrected chi connectivity index (χ2v) is 5.52. The average Bonchev–Trinajstić information content (AvgIpc) is 2.78. The predicted octanol–water partition coefficient (Wildman–Crippen LogP) is 2.49. The van der Waals surface area contributed by atoms with Crippen LogP contribution in [0.5, 0.6) is 0 Å². The van der Waals surface area contributed by atoms with Crippen molar-refractivity contribution in [2.24, 2.45) is 5.92 Å². The van der Waals surface area contributed by atoms with Gasteiger partial charge in [0.15, 0.2) is 0 Å². The lowest BCUT2D eigenvalue weighted by molar-refractivity contribution is 0.244. The largest absolute Gasteiger partial charge is 0.394 e. The molecule has 1 heterocycles. The molecule has 1 aromatic rings. The van der Waals surface area contributed by atoms with Crippen molar-refractivity contribution in [2.75, 3.05) is 24.3 Å².